The lowest BCUT2D eigenvalue weighted by molar-refractivity contribution is 0.390. The molecule has 1 aliphatic carbocycles. The summed E-state index contributed by atoms with van der Waals surface area (Å²) < 4.78 is 16.5. The van der Waals surface area contributed by atoms with Crippen LogP contribution in [0.25, 0.3) is 33.3 Å². The number of nitrogens with zero attached hydrogens (tertiary/aromatic N) is 4. The molecule has 0 bridgehead atoms. The van der Waals surface area contributed by atoms with Gasteiger partial charge in [0.2, 0.25) is 0 Å². The second-order valence-corrected chi connectivity index (χ2v) is 13.3. The second kappa shape index (κ2) is 12.4. The summed E-state index contributed by atoms with van der Waals surface area (Å²) in [5, 5.41) is 7.44. The van der Waals surface area contributed by atoms with Gasteiger partial charge in [0.25, 0.3) is 0 Å². The Kier molecular flexibility index (Phi) is 8.13. The van der Waals surface area contributed by atoms with Crippen molar-refractivity contribution in [2.45, 2.75) is 66.7 Å². The molecule has 0 radical (unpaired) electrons. The SMILES string of the molecule is CCCc1cc(Oc2ccc3c4ccccc4n(-c4cc(OC)ccn4)c3c2)cc(-n2nc(C)c(C3C(C)=C[C@H](C)C[C@@H]3C)c2C)c1. The van der Waals surface area contributed by atoms with Crippen LogP contribution in [0.1, 0.15) is 69.0 Å². The van der Waals surface area contributed by atoms with Crippen molar-refractivity contribution in [1.29, 1.82) is 0 Å². The van der Waals surface area contributed by atoms with E-state index in [1.54, 1.807) is 13.3 Å². The Bertz CT molecular complexity index is 2140. The number of hydrogen-bond acceptors (Lipinski definition) is 4. The van der Waals surface area contributed by atoms with Gasteiger partial charge in [-0.25, -0.2) is 9.67 Å². The maximum atomic E-state index is 6.70. The fourth-order valence-electron chi connectivity index (χ4n) is 7.96. The first-order valence-corrected chi connectivity index (χ1v) is 16.9. The summed E-state index contributed by atoms with van der Waals surface area (Å²) in [6.07, 6.45) is 7.45. The van der Waals surface area contributed by atoms with E-state index in [0.29, 0.717) is 17.8 Å². The molecule has 0 saturated carbocycles. The molecule has 0 aliphatic heterocycles. The first kappa shape index (κ1) is 30.8. The molecule has 3 aromatic carbocycles. The van der Waals surface area contributed by atoms with Gasteiger partial charge in [0.15, 0.2) is 0 Å². The van der Waals surface area contributed by atoms with Crippen LogP contribution in [0.5, 0.6) is 17.2 Å². The smallest absolute Gasteiger partial charge is 0.141 e. The van der Waals surface area contributed by atoms with Crippen LogP contribution in [-0.2, 0) is 6.42 Å². The van der Waals surface area contributed by atoms with Gasteiger partial charge in [0, 0.05) is 52.3 Å². The summed E-state index contributed by atoms with van der Waals surface area (Å²) in [7, 11) is 1.68. The highest BCUT2D eigenvalue weighted by Crippen LogP contribution is 2.43. The highest BCUT2D eigenvalue weighted by atomic mass is 16.5. The zero-order valence-corrected chi connectivity index (χ0v) is 28.5. The molecule has 240 valence electrons. The van der Waals surface area contributed by atoms with Crippen LogP contribution in [0.2, 0.25) is 0 Å². The number of hydrogen-bond donors (Lipinski definition) is 0. The molecule has 1 aliphatic rings. The van der Waals surface area contributed by atoms with Crippen LogP contribution in [0.3, 0.4) is 0 Å². The standard InChI is InChI=1S/C41H44N4O2/c1-8-11-30-20-31(45-29(6)41(28(5)43-45)40-26(3)18-25(2)19-27(40)4)22-34(21-30)47-33-14-15-36-35-12-9-10-13-37(35)44(38(36)23-33)39-24-32(46-7)16-17-42-39/h9-10,12-18,20-25,27,40H,8,11,19H2,1-7H3/t25-,27-,40?/m0/s1. The highest BCUT2D eigenvalue weighted by molar-refractivity contribution is 6.09. The van der Waals surface area contributed by atoms with Crippen LogP contribution < -0.4 is 9.47 Å². The lowest BCUT2D eigenvalue weighted by Crippen LogP contribution is -2.20. The molecule has 1 unspecified atom stereocenters. The van der Waals surface area contributed by atoms with Gasteiger partial charge < -0.3 is 9.47 Å². The molecular formula is C41H44N4O2. The van der Waals surface area contributed by atoms with Crippen molar-refractivity contribution < 1.29 is 9.47 Å². The molecule has 6 aromatic rings. The monoisotopic (exact) mass is 624 g/mol. The van der Waals surface area contributed by atoms with E-state index in [9.17, 15) is 0 Å². The predicted octanol–water partition coefficient (Wildman–Crippen LogP) is 10.4. The minimum atomic E-state index is 0.395. The van der Waals surface area contributed by atoms with Gasteiger partial charge in [0.05, 0.1) is 29.5 Å². The van der Waals surface area contributed by atoms with Gasteiger partial charge in [-0.15, -0.1) is 0 Å². The Morgan fingerprint density at radius 2 is 1.66 bits per heavy atom. The Hall–Kier alpha value is -4.84. The summed E-state index contributed by atoms with van der Waals surface area (Å²) >= 11 is 0. The maximum Gasteiger partial charge on any atom is 0.141 e. The zero-order valence-electron chi connectivity index (χ0n) is 28.5. The summed E-state index contributed by atoms with van der Waals surface area (Å²) in [4.78, 5) is 4.71. The number of rotatable bonds is 8. The third kappa shape index (κ3) is 5.60. The lowest BCUT2D eigenvalue weighted by atomic mass is 9.72. The van der Waals surface area contributed by atoms with Crippen LogP contribution in [0.4, 0.5) is 0 Å². The third-order valence-electron chi connectivity index (χ3n) is 9.81. The van der Waals surface area contributed by atoms with E-state index in [2.05, 4.69) is 118 Å². The number of methoxy groups -OCH3 is 1. The Labute approximate surface area is 277 Å². The fourth-order valence-corrected chi connectivity index (χ4v) is 7.96. The molecule has 3 aromatic heterocycles. The predicted molar refractivity (Wildman–Crippen MR) is 192 cm³/mol. The molecule has 6 nitrogen and oxygen atoms in total. The number of allylic oxidation sites excluding steroid dienone is 2. The fraction of sp³-hybridized carbons (Fsp3) is 0.317. The van der Waals surface area contributed by atoms with Crippen molar-refractivity contribution in [3.63, 3.8) is 0 Å². The topological polar surface area (TPSA) is 54.1 Å². The second-order valence-electron chi connectivity index (χ2n) is 13.3. The van der Waals surface area contributed by atoms with E-state index in [-0.39, 0.29) is 0 Å². The van der Waals surface area contributed by atoms with E-state index >= 15 is 0 Å². The number of aromatic nitrogens is 4. The molecule has 3 heterocycles. The molecular weight excluding hydrogens is 580 g/mol. The average Bonchev–Trinajstić information content (AvgIpc) is 3.53. The third-order valence-corrected chi connectivity index (χ3v) is 9.81. The van der Waals surface area contributed by atoms with Crippen molar-refractivity contribution in [3.05, 3.63) is 113 Å². The zero-order chi connectivity index (χ0) is 32.8. The van der Waals surface area contributed by atoms with Crippen molar-refractivity contribution >= 4 is 21.8 Å². The molecule has 6 heteroatoms. The van der Waals surface area contributed by atoms with Crippen LogP contribution in [0.15, 0.2) is 90.6 Å². The van der Waals surface area contributed by atoms with Crippen LogP contribution in [0, 0.1) is 25.7 Å². The Balaban J connectivity index is 1.31. The molecule has 0 amide bonds. The highest BCUT2D eigenvalue weighted by Gasteiger charge is 2.31. The quantitative estimate of drug-likeness (QED) is 0.158. The normalized spacial score (nSPS) is 18.1. The van der Waals surface area contributed by atoms with E-state index in [1.807, 2.05) is 12.1 Å². The van der Waals surface area contributed by atoms with Gasteiger partial charge in [0.1, 0.15) is 23.1 Å². The van der Waals surface area contributed by atoms with Crippen molar-refractivity contribution in [2.24, 2.45) is 11.8 Å². The number of pyridine rings is 1. The number of para-hydroxylation sites is 1. The van der Waals surface area contributed by atoms with Gasteiger partial charge in [-0.3, -0.25) is 4.57 Å². The van der Waals surface area contributed by atoms with Crippen LogP contribution in [-0.4, -0.2) is 26.4 Å². The van der Waals surface area contributed by atoms with E-state index in [0.717, 1.165) is 69.1 Å². The molecule has 7 rings (SSSR count). The number of ether oxygens (including phenoxy) is 2. The number of aryl methyl sites for hydroxylation is 2. The lowest BCUT2D eigenvalue weighted by Gasteiger charge is -2.32. The molecule has 3 atom stereocenters. The average molecular weight is 625 g/mol. The van der Waals surface area contributed by atoms with Gasteiger partial charge in [-0.2, -0.15) is 5.10 Å². The van der Waals surface area contributed by atoms with Crippen molar-refractivity contribution in [3.8, 4) is 28.8 Å². The molecule has 0 saturated heterocycles. The maximum absolute atomic E-state index is 6.70. The molecule has 0 fully saturated rings. The van der Waals surface area contributed by atoms with E-state index < -0.39 is 0 Å². The van der Waals surface area contributed by atoms with Gasteiger partial charge >= 0.3 is 0 Å². The summed E-state index contributed by atoms with van der Waals surface area (Å²) in [5.41, 5.74) is 9.52. The summed E-state index contributed by atoms with van der Waals surface area (Å²) in [5.74, 6) is 4.72. The Morgan fingerprint density at radius 1 is 0.851 bits per heavy atom. The Morgan fingerprint density at radius 3 is 2.45 bits per heavy atom. The van der Waals surface area contributed by atoms with E-state index in [4.69, 9.17) is 19.6 Å². The van der Waals surface area contributed by atoms with Crippen molar-refractivity contribution in [1.82, 2.24) is 19.3 Å². The minimum Gasteiger partial charge on any atom is -0.497 e. The van der Waals surface area contributed by atoms with Crippen molar-refractivity contribution in [2.75, 3.05) is 7.11 Å². The van der Waals surface area contributed by atoms with Gasteiger partial charge in [-0.1, -0.05) is 57.0 Å². The van der Waals surface area contributed by atoms with Gasteiger partial charge in [-0.05, 0) is 87.4 Å². The van der Waals surface area contributed by atoms with E-state index in [1.165, 1.54) is 28.8 Å². The minimum absolute atomic E-state index is 0.395. The number of fused-ring (bicyclic) bond motifs is 3. The molecule has 47 heavy (non-hydrogen) atoms. The van der Waals surface area contributed by atoms with Crippen LogP contribution >= 0.6 is 0 Å². The summed E-state index contributed by atoms with van der Waals surface area (Å²) in [6, 6.07) is 25.1. The first-order chi connectivity index (χ1) is 22.7. The largest absolute Gasteiger partial charge is 0.497 e. The first-order valence-electron chi connectivity index (χ1n) is 16.9. The molecule has 0 spiro atoms. The number of benzene rings is 3. The molecule has 0 N–H and O–H groups in total. The summed E-state index contributed by atoms with van der Waals surface area (Å²) in [6.45, 7) is 13.6.